The predicted octanol–water partition coefficient (Wildman–Crippen LogP) is 2.49. The van der Waals surface area contributed by atoms with Crippen LogP contribution in [0.25, 0.3) is 11.4 Å². The summed E-state index contributed by atoms with van der Waals surface area (Å²) in [4.78, 5) is 26.1. The van der Waals surface area contributed by atoms with Gasteiger partial charge in [-0.25, -0.2) is 4.39 Å². The van der Waals surface area contributed by atoms with E-state index in [1.165, 1.54) is 12.3 Å². The highest BCUT2D eigenvalue weighted by Gasteiger charge is 2.27. The van der Waals surface area contributed by atoms with Gasteiger partial charge in [0.15, 0.2) is 5.82 Å². The van der Waals surface area contributed by atoms with Crippen molar-refractivity contribution < 1.29 is 18.4 Å². The van der Waals surface area contributed by atoms with Crippen molar-refractivity contribution >= 4 is 5.91 Å². The van der Waals surface area contributed by atoms with Crippen molar-refractivity contribution in [1.82, 2.24) is 25.0 Å². The fourth-order valence-corrected chi connectivity index (χ4v) is 3.10. The summed E-state index contributed by atoms with van der Waals surface area (Å²) in [6.45, 7) is 1.09. The minimum Gasteiger partial charge on any atom is -0.367 e. The largest absolute Gasteiger partial charge is 0.367 e. The van der Waals surface area contributed by atoms with Gasteiger partial charge in [0.05, 0.1) is 17.9 Å². The average Bonchev–Trinajstić information content (AvgIpc) is 3.22. The number of rotatable bonds is 5. The lowest BCUT2D eigenvalue weighted by Gasteiger charge is -2.32. The molecule has 1 saturated heterocycles. The smallest absolute Gasteiger partial charge is 0.257 e. The van der Waals surface area contributed by atoms with E-state index in [1.807, 2.05) is 0 Å². The molecule has 0 saturated carbocycles. The van der Waals surface area contributed by atoms with Gasteiger partial charge in [0, 0.05) is 37.2 Å². The lowest BCUT2D eigenvalue weighted by Crippen LogP contribution is -2.43. The number of amides is 1. The summed E-state index contributed by atoms with van der Waals surface area (Å²) in [5.74, 6) is -0.152. The van der Waals surface area contributed by atoms with Crippen LogP contribution in [0.15, 0.2) is 47.5 Å². The Hall–Kier alpha value is -3.20. The Kier molecular flexibility index (Phi) is 5.34. The highest BCUT2D eigenvalue weighted by atomic mass is 19.1. The Morgan fingerprint density at radius 3 is 2.89 bits per heavy atom. The first kappa shape index (κ1) is 18.2. The van der Waals surface area contributed by atoms with E-state index in [4.69, 9.17) is 9.26 Å². The molecule has 1 fully saturated rings. The standard InChI is InChI=1S/C19H18FN5O3/c20-16-10-22-8-5-15(16)19(26)25-9-1-2-14(11-25)27-12-17-23-18(24-28-17)13-3-6-21-7-4-13/h3-8,10,14H,1-2,9,11-12H2. The predicted molar refractivity (Wildman–Crippen MR) is 95.4 cm³/mol. The number of pyridine rings is 2. The van der Waals surface area contributed by atoms with Gasteiger partial charge in [0.2, 0.25) is 5.82 Å². The Balaban J connectivity index is 1.35. The number of hydrogen-bond donors (Lipinski definition) is 0. The summed E-state index contributed by atoms with van der Waals surface area (Å²) in [5, 5.41) is 3.94. The van der Waals surface area contributed by atoms with Crippen LogP contribution in [0.2, 0.25) is 0 Å². The summed E-state index contributed by atoms with van der Waals surface area (Å²) in [6.07, 6.45) is 7.15. The fraction of sp³-hybridized carbons (Fsp3) is 0.316. The topological polar surface area (TPSA) is 94.2 Å². The van der Waals surface area contributed by atoms with Crippen LogP contribution >= 0.6 is 0 Å². The number of hydrogen-bond acceptors (Lipinski definition) is 7. The molecule has 1 aliphatic rings. The number of halogens is 1. The van der Waals surface area contributed by atoms with Gasteiger partial charge in [-0.2, -0.15) is 4.98 Å². The normalized spacial score (nSPS) is 16.9. The zero-order valence-electron chi connectivity index (χ0n) is 15.0. The number of likely N-dealkylation sites (tertiary alicyclic amines) is 1. The first-order valence-corrected chi connectivity index (χ1v) is 8.94. The van der Waals surface area contributed by atoms with E-state index in [1.54, 1.807) is 29.4 Å². The molecule has 0 aromatic carbocycles. The minimum absolute atomic E-state index is 0.0227. The lowest BCUT2D eigenvalue weighted by atomic mass is 10.1. The Morgan fingerprint density at radius 2 is 2.07 bits per heavy atom. The van der Waals surface area contributed by atoms with Crippen LogP contribution in [0.3, 0.4) is 0 Å². The maximum absolute atomic E-state index is 13.8. The van der Waals surface area contributed by atoms with E-state index in [-0.39, 0.29) is 24.2 Å². The molecule has 28 heavy (non-hydrogen) atoms. The van der Waals surface area contributed by atoms with Gasteiger partial charge in [0.25, 0.3) is 11.8 Å². The van der Waals surface area contributed by atoms with Crippen LogP contribution in [0.4, 0.5) is 4.39 Å². The second kappa shape index (κ2) is 8.22. The molecule has 0 bridgehead atoms. The zero-order chi connectivity index (χ0) is 19.3. The molecular weight excluding hydrogens is 365 g/mol. The number of aromatic nitrogens is 4. The number of ether oxygens (including phenoxy) is 1. The van der Waals surface area contributed by atoms with Crippen LogP contribution in [0.5, 0.6) is 0 Å². The van der Waals surface area contributed by atoms with E-state index in [9.17, 15) is 9.18 Å². The highest BCUT2D eigenvalue weighted by Crippen LogP contribution is 2.19. The van der Waals surface area contributed by atoms with Gasteiger partial charge in [-0.15, -0.1) is 0 Å². The van der Waals surface area contributed by atoms with Crippen LogP contribution in [-0.2, 0) is 11.3 Å². The highest BCUT2D eigenvalue weighted by molar-refractivity contribution is 5.94. The maximum atomic E-state index is 13.8. The zero-order valence-corrected chi connectivity index (χ0v) is 15.0. The molecular formula is C19H18FN5O3. The van der Waals surface area contributed by atoms with Gasteiger partial charge in [-0.05, 0) is 31.0 Å². The molecule has 0 spiro atoms. The van der Waals surface area contributed by atoms with Gasteiger partial charge in [-0.3, -0.25) is 14.8 Å². The van der Waals surface area contributed by atoms with Gasteiger partial charge in [-0.1, -0.05) is 5.16 Å². The molecule has 4 heterocycles. The molecule has 3 aromatic rings. The Morgan fingerprint density at radius 1 is 1.25 bits per heavy atom. The van der Waals surface area contributed by atoms with Crippen LogP contribution in [-0.4, -0.2) is 50.1 Å². The average molecular weight is 383 g/mol. The van der Waals surface area contributed by atoms with E-state index in [0.29, 0.717) is 24.8 Å². The molecule has 8 nitrogen and oxygen atoms in total. The number of carbonyl (C=O) groups is 1. The number of piperidine rings is 1. The Labute approximate surface area is 160 Å². The second-order valence-corrected chi connectivity index (χ2v) is 6.43. The summed E-state index contributed by atoms with van der Waals surface area (Å²) in [7, 11) is 0. The molecule has 0 radical (unpaired) electrons. The molecule has 1 unspecified atom stereocenters. The maximum Gasteiger partial charge on any atom is 0.257 e. The second-order valence-electron chi connectivity index (χ2n) is 6.43. The molecule has 4 rings (SSSR count). The molecule has 1 aliphatic heterocycles. The summed E-state index contributed by atoms with van der Waals surface area (Å²) in [6, 6.07) is 4.97. The quantitative estimate of drug-likeness (QED) is 0.668. The van der Waals surface area contributed by atoms with Crippen molar-refractivity contribution in [1.29, 1.82) is 0 Å². The fourth-order valence-electron chi connectivity index (χ4n) is 3.10. The van der Waals surface area contributed by atoms with Crippen molar-refractivity contribution in [3.63, 3.8) is 0 Å². The molecule has 0 N–H and O–H groups in total. The van der Waals surface area contributed by atoms with E-state index in [2.05, 4.69) is 20.1 Å². The molecule has 1 amide bonds. The van der Waals surface area contributed by atoms with Crippen LogP contribution in [0, 0.1) is 5.82 Å². The van der Waals surface area contributed by atoms with E-state index in [0.717, 1.165) is 24.6 Å². The molecule has 1 atom stereocenters. The SMILES string of the molecule is O=C(c1ccncc1F)N1CCCC(OCc2nc(-c3ccncc3)no2)C1. The van der Waals surface area contributed by atoms with Crippen molar-refractivity contribution in [2.24, 2.45) is 0 Å². The third-order valence-corrected chi connectivity index (χ3v) is 4.52. The van der Waals surface area contributed by atoms with Gasteiger partial charge >= 0.3 is 0 Å². The first-order valence-electron chi connectivity index (χ1n) is 8.94. The van der Waals surface area contributed by atoms with Crippen LogP contribution in [0.1, 0.15) is 29.1 Å². The van der Waals surface area contributed by atoms with Crippen molar-refractivity contribution in [3.8, 4) is 11.4 Å². The number of carbonyl (C=O) groups excluding carboxylic acids is 1. The van der Waals surface area contributed by atoms with Gasteiger partial charge < -0.3 is 14.2 Å². The van der Waals surface area contributed by atoms with Crippen molar-refractivity contribution in [2.75, 3.05) is 13.1 Å². The van der Waals surface area contributed by atoms with Crippen LogP contribution < -0.4 is 0 Å². The third-order valence-electron chi connectivity index (χ3n) is 4.52. The molecule has 0 aliphatic carbocycles. The van der Waals surface area contributed by atoms with E-state index < -0.39 is 5.82 Å². The molecule has 3 aromatic heterocycles. The number of nitrogens with zero attached hydrogens (tertiary/aromatic N) is 5. The Bertz CT molecular complexity index is 950. The summed E-state index contributed by atoms with van der Waals surface area (Å²) < 4.78 is 24.9. The molecule has 9 heteroatoms. The van der Waals surface area contributed by atoms with Crippen molar-refractivity contribution in [2.45, 2.75) is 25.6 Å². The summed E-state index contributed by atoms with van der Waals surface area (Å²) >= 11 is 0. The third kappa shape index (κ3) is 4.04. The lowest BCUT2D eigenvalue weighted by molar-refractivity contribution is -0.0154. The van der Waals surface area contributed by atoms with Gasteiger partial charge in [0.1, 0.15) is 6.61 Å². The first-order chi connectivity index (χ1) is 13.7. The summed E-state index contributed by atoms with van der Waals surface area (Å²) in [5.41, 5.74) is 0.827. The minimum atomic E-state index is -0.620. The monoisotopic (exact) mass is 383 g/mol. The van der Waals surface area contributed by atoms with Crippen molar-refractivity contribution in [3.05, 3.63) is 60.3 Å². The van der Waals surface area contributed by atoms with E-state index >= 15 is 0 Å². The molecule has 144 valence electrons.